The third-order valence-corrected chi connectivity index (χ3v) is 2.78. The summed E-state index contributed by atoms with van der Waals surface area (Å²) in [7, 11) is 0. The first-order valence-corrected chi connectivity index (χ1v) is 5.49. The van der Waals surface area contributed by atoms with E-state index < -0.39 is 5.97 Å². The van der Waals surface area contributed by atoms with Gasteiger partial charge < -0.3 is 5.11 Å². The summed E-state index contributed by atoms with van der Waals surface area (Å²) in [5.74, 6) is -1.06. The van der Waals surface area contributed by atoms with Crippen LogP contribution in [0.25, 0.3) is 5.69 Å². The van der Waals surface area contributed by atoms with Crippen LogP contribution < -0.4 is 0 Å². The molecule has 0 aliphatic rings. The highest BCUT2D eigenvalue weighted by Gasteiger charge is 2.09. The molecule has 0 spiro atoms. The zero-order valence-electron chi connectivity index (χ0n) is 7.89. The largest absolute Gasteiger partial charge is 0.476 e. The van der Waals surface area contributed by atoms with Gasteiger partial charge in [0, 0.05) is 10.7 Å². The van der Waals surface area contributed by atoms with E-state index in [0.29, 0.717) is 10.7 Å². The predicted octanol–water partition coefficient (Wildman–Crippen LogP) is 2.99. The molecule has 0 aliphatic heterocycles. The number of carboxylic acid groups (broad SMARTS) is 1. The van der Waals surface area contributed by atoms with E-state index in [1.807, 2.05) is 0 Å². The van der Waals surface area contributed by atoms with Crippen LogP contribution >= 0.6 is 27.5 Å². The molecule has 6 heteroatoms. The molecule has 1 aromatic carbocycles. The van der Waals surface area contributed by atoms with Crippen LogP contribution in [-0.4, -0.2) is 20.9 Å². The van der Waals surface area contributed by atoms with E-state index in [4.69, 9.17) is 16.7 Å². The van der Waals surface area contributed by atoms with E-state index in [1.54, 1.807) is 24.4 Å². The highest BCUT2D eigenvalue weighted by atomic mass is 79.9. The van der Waals surface area contributed by atoms with Crippen LogP contribution in [0, 0.1) is 0 Å². The van der Waals surface area contributed by atoms with Crippen molar-refractivity contribution in [3.8, 4) is 5.69 Å². The van der Waals surface area contributed by atoms with Crippen LogP contribution in [0.5, 0.6) is 0 Å². The van der Waals surface area contributed by atoms with Gasteiger partial charge in [0.05, 0.1) is 10.7 Å². The zero-order chi connectivity index (χ0) is 11.7. The maximum absolute atomic E-state index is 10.7. The standard InChI is InChI=1S/C10H6BrClN2O2/c11-6-1-2-7(12)9(5-6)14-4-3-8(13-14)10(15)16/h1-5H,(H,15,16). The first kappa shape index (κ1) is 11.2. The lowest BCUT2D eigenvalue weighted by Crippen LogP contribution is -2.01. The number of rotatable bonds is 2. The molecule has 0 atom stereocenters. The van der Waals surface area contributed by atoms with E-state index in [9.17, 15) is 4.79 Å². The lowest BCUT2D eigenvalue weighted by atomic mass is 10.3. The Morgan fingerprint density at radius 3 is 2.81 bits per heavy atom. The van der Waals surface area contributed by atoms with Crippen molar-refractivity contribution in [3.63, 3.8) is 0 Å². The first-order valence-electron chi connectivity index (χ1n) is 4.32. The van der Waals surface area contributed by atoms with Crippen LogP contribution in [0.4, 0.5) is 0 Å². The second kappa shape index (κ2) is 4.27. The Balaban J connectivity index is 2.50. The number of carboxylic acids is 1. The van der Waals surface area contributed by atoms with Crippen molar-refractivity contribution in [2.24, 2.45) is 0 Å². The molecule has 1 aromatic heterocycles. The molecule has 0 saturated carbocycles. The molecule has 2 rings (SSSR count). The van der Waals surface area contributed by atoms with Gasteiger partial charge in [-0.05, 0) is 24.3 Å². The molecule has 1 heterocycles. The van der Waals surface area contributed by atoms with Gasteiger partial charge in [0.25, 0.3) is 0 Å². The average Bonchev–Trinajstić information content (AvgIpc) is 2.70. The summed E-state index contributed by atoms with van der Waals surface area (Å²) >= 11 is 9.30. The molecule has 0 radical (unpaired) electrons. The quantitative estimate of drug-likeness (QED) is 0.927. The van der Waals surface area contributed by atoms with Crippen LogP contribution in [-0.2, 0) is 0 Å². The summed E-state index contributed by atoms with van der Waals surface area (Å²) in [6.07, 6.45) is 1.55. The SMILES string of the molecule is O=C(O)c1ccn(-c2cc(Br)ccc2Cl)n1. The minimum Gasteiger partial charge on any atom is -0.476 e. The molecular weight excluding hydrogens is 295 g/mol. The summed E-state index contributed by atoms with van der Waals surface area (Å²) in [5.41, 5.74) is 0.611. The number of aromatic carboxylic acids is 1. The zero-order valence-corrected chi connectivity index (χ0v) is 10.2. The number of benzene rings is 1. The van der Waals surface area contributed by atoms with Crippen molar-refractivity contribution in [2.45, 2.75) is 0 Å². The van der Waals surface area contributed by atoms with Crippen molar-refractivity contribution in [1.82, 2.24) is 9.78 Å². The van der Waals surface area contributed by atoms with E-state index in [1.165, 1.54) is 10.7 Å². The number of halogens is 2. The van der Waals surface area contributed by atoms with E-state index in [2.05, 4.69) is 21.0 Å². The Kier molecular flexibility index (Phi) is 2.98. The monoisotopic (exact) mass is 300 g/mol. The van der Waals surface area contributed by atoms with Gasteiger partial charge in [-0.25, -0.2) is 9.48 Å². The van der Waals surface area contributed by atoms with Gasteiger partial charge in [-0.1, -0.05) is 27.5 Å². The average molecular weight is 302 g/mol. The van der Waals surface area contributed by atoms with Crippen molar-refractivity contribution >= 4 is 33.5 Å². The third kappa shape index (κ3) is 2.10. The lowest BCUT2D eigenvalue weighted by molar-refractivity contribution is 0.0690. The van der Waals surface area contributed by atoms with E-state index in [-0.39, 0.29) is 5.69 Å². The molecule has 0 amide bonds. The second-order valence-corrected chi connectivity index (χ2v) is 4.37. The first-order chi connectivity index (χ1) is 7.58. The molecule has 2 aromatic rings. The Labute approximate surface area is 105 Å². The maximum atomic E-state index is 10.7. The smallest absolute Gasteiger partial charge is 0.356 e. The Morgan fingerprint density at radius 1 is 1.44 bits per heavy atom. The third-order valence-electron chi connectivity index (χ3n) is 1.96. The van der Waals surface area contributed by atoms with Crippen molar-refractivity contribution < 1.29 is 9.90 Å². The van der Waals surface area contributed by atoms with Gasteiger partial charge in [-0.3, -0.25) is 0 Å². The number of hydrogen-bond donors (Lipinski definition) is 1. The maximum Gasteiger partial charge on any atom is 0.356 e. The summed E-state index contributed by atoms with van der Waals surface area (Å²) in [6.45, 7) is 0. The Bertz CT molecular complexity index is 554. The van der Waals surface area contributed by atoms with Gasteiger partial charge in [0.15, 0.2) is 5.69 Å². The number of hydrogen-bond acceptors (Lipinski definition) is 2. The predicted molar refractivity (Wildman–Crippen MR) is 63.2 cm³/mol. The highest BCUT2D eigenvalue weighted by Crippen LogP contribution is 2.24. The van der Waals surface area contributed by atoms with Crippen LogP contribution in [0.3, 0.4) is 0 Å². The molecule has 0 aliphatic carbocycles. The van der Waals surface area contributed by atoms with E-state index in [0.717, 1.165) is 4.47 Å². The highest BCUT2D eigenvalue weighted by molar-refractivity contribution is 9.10. The van der Waals surface area contributed by atoms with Crippen molar-refractivity contribution in [3.05, 3.63) is 45.7 Å². The fraction of sp³-hybridized carbons (Fsp3) is 0. The number of aromatic nitrogens is 2. The molecule has 0 bridgehead atoms. The molecule has 16 heavy (non-hydrogen) atoms. The second-order valence-electron chi connectivity index (χ2n) is 3.05. The van der Waals surface area contributed by atoms with Gasteiger partial charge in [-0.2, -0.15) is 5.10 Å². The van der Waals surface area contributed by atoms with Gasteiger partial charge in [0.1, 0.15) is 0 Å². The Morgan fingerprint density at radius 2 is 2.19 bits per heavy atom. The normalized spacial score (nSPS) is 10.4. The summed E-state index contributed by atoms with van der Waals surface area (Å²) in [6, 6.07) is 6.69. The van der Waals surface area contributed by atoms with Crippen LogP contribution in [0.1, 0.15) is 10.5 Å². The van der Waals surface area contributed by atoms with Crippen LogP contribution in [0.2, 0.25) is 5.02 Å². The minimum absolute atomic E-state index is 0.0176. The summed E-state index contributed by atoms with van der Waals surface area (Å²) in [4.78, 5) is 10.7. The number of nitrogens with zero attached hydrogens (tertiary/aromatic N) is 2. The molecule has 4 nitrogen and oxygen atoms in total. The van der Waals surface area contributed by atoms with Crippen molar-refractivity contribution in [2.75, 3.05) is 0 Å². The van der Waals surface area contributed by atoms with E-state index >= 15 is 0 Å². The fourth-order valence-electron chi connectivity index (χ4n) is 1.23. The fourth-order valence-corrected chi connectivity index (χ4v) is 1.79. The lowest BCUT2D eigenvalue weighted by Gasteiger charge is -2.04. The minimum atomic E-state index is -1.06. The van der Waals surface area contributed by atoms with Gasteiger partial charge >= 0.3 is 5.97 Å². The summed E-state index contributed by atoms with van der Waals surface area (Å²) in [5, 5.41) is 13.1. The van der Waals surface area contributed by atoms with Crippen molar-refractivity contribution in [1.29, 1.82) is 0 Å². The molecule has 0 saturated heterocycles. The van der Waals surface area contributed by atoms with Crippen LogP contribution in [0.15, 0.2) is 34.9 Å². The van der Waals surface area contributed by atoms with Gasteiger partial charge in [0.2, 0.25) is 0 Å². The molecule has 82 valence electrons. The number of carbonyl (C=O) groups is 1. The molecule has 0 fully saturated rings. The molecule has 1 N–H and O–H groups in total. The topological polar surface area (TPSA) is 55.1 Å². The molecular formula is C10H6BrClN2O2. The van der Waals surface area contributed by atoms with Gasteiger partial charge in [-0.15, -0.1) is 0 Å². The summed E-state index contributed by atoms with van der Waals surface area (Å²) < 4.78 is 2.27. The molecule has 0 unspecified atom stereocenters. The Hall–Kier alpha value is -1.33.